The highest BCUT2D eigenvalue weighted by molar-refractivity contribution is 6.31. The minimum absolute atomic E-state index is 0.199. The number of fused-ring (bicyclic) bond motifs is 1. The molecule has 2 atom stereocenters. The van der Waals surface area contributed by atoms with Crippen molar-refractivity contribution >= 4 is 23.3 Å². The smallest absolute Gasteiger partial charge is 0.315 e. The quantitative estimate of drug-likeness (QED) is 0.865. The number of esters is 1. The van der Waals surface area contributed by atoms with Crippen LogP contribution in [0, 0.1) is 0 Å². The lowest BCUT2D eigenvalue weighted by Crippen LogP contribution is -2.22. The third-order valence-electron chi connectivity index (χ3n) is 3.72. The molecule has 1 aliphatic rings. The first kappa shape index (κ1) is 14.0. The zero-order valence-electron chi connectivity index (χ0n) is 11.7. The van der Waals surface area contributed by atoms with Crippen LogP contribution in [0.1, 0.15) is 30.0 Å². The lowest BCUT2D eigenvalue weighted by atomic mass is 9.90. The molecular formula is C17H16ClNO2. The van der Waals surface area contributed by atoms with Gasteiger partial charge in [0.1, 0.15) is 5.92 Å². The number of anilines is 1. The van der Waals surface area contributed by atoms with E-state index < -0.39 is 0 Å². The van der Waals surface area contributed by atoms with Gasteiger partial charge in [-0.2, -0.15) is 0 Å². The standard InChI is InChI=1S/C17H16ClNO2/c1-2-21-17(20)15-12-8-4-6-10-14(12)19-16(15)11-7-3-5-9-13(11)18/h3-10,15-16,19H,2H2,1H3/t15-,16+/m0/s1. The van der Waals surface area contributed by atoms with Gasteiger partial charge in [-0.05, 0) is 30.2 Å². The van der Waals surface area contributed by atoms with Crippen LogP contribution in [0.3, 0.4) is 0 Å². The van der Waals surface area contributed by atoms with Crippen molar-refractivity contribution < 1.29 is 9.53 Å². The normalized spacial score (nSPS) is 19.7. The van der Waals surface area contributed by atoms with Crippen LogP contribution in [0.5, 0.6) is 0 Å². The predicted molar refractivity (Wildman–Crippen MR) is 83.6 cm³/mol. The number of hydrogen-bond acceptors (Lipinski definition) is 3. The molecule has 2 aromatic carbocycles. The Morgan fingerprint density at radius 3 is 2.52 bits per heavy atom. The van der Waals surface area contributed by atoms with Crippen molar-refractivity contribution in [3.05, 3.63) is 64.7 Å². The van der Waals surface area contributed by atoms with Crippen LogP contribution >= 0.6 is 11.6 Å². The van der Waals surface area contributed by atoms with E-state index in [2.05, 4.69) is 5.32 Å². The molecule has 0 aliphatic carbocycles. The Morgan fingerprint density at radius 2 is 1.81 bits per heavy atom. The molecule has 3 rings (SSSR count). The van der Waals surface area contributed by atoms with Crippen molar-refractivity contribution in [2.24, 2.45) is 0 Å². The lowest BCUT2D eigenvalue weighted by molar-refractivity contribution is -0.145. The van der Waals surface area contributed by atoms with Crippen molar-refractivity contribution in [3.8, 4) is 0 Å². The van der Waals surface area contributed by atoms with E-state index in [-0.39, 0.29) is 17.9 Å². The molecule has 1 heterocycles. The largest absolute Gasteiger partial charge is 0.465 e. The third-order valence-corrected chi connectivity index (χ3v) is 4.07. The zero-order chi connectivity index (χ0) is 14.8. The summed E-state index contributed by atoms with van der Waals surface area (Å²) >= 11 is 6.30. The van der Waals surface area contributed by atoms with Gasteiger partial charge in [0.05, 0.1) is 12.6 Å². The van der Waals surface area contributed by atoms with E-state index in [4.69, 9.17) is 16.3 Å². The first-order chi connectivity index (χ1) is 10.2. The fourth-order valence-electron chi connectivity index (χ4n) is 2.81. The van der Waals surface area contributed by atoms with E-state index in [1.165, 1.54) is 0 Å². The van der Waals surface area contributed by atoms with Gasteiger partial charge in [0.25, 0.3) is 0 Å². The van der Waals surface area contributed by atoms with Gasteiger partial charge >= 0.3 is 5.97 Å². The van der Waals surface area contributed by atoms with Crippen molar-refractivity contribution in [3.63, 3.8) is 0 Å². The highest BCUT2D eigenvalue weighted by atomic mass is 35.5. The summed E-state index contributed by atoms with van der Waals surface area (Å²) in [6, 6.07) is 15.2. The zero-order valence-corrected chi connectivity index (χ0v) is 12.4. The van der Waals surface area contributed by atoms with Gasteiger partial charge in [-0.25, -0.2) is 0 Å². The van der Waals surface area contributed by atoms with Crippen LogP contribution in [0.15, 0.2) is 48.5 Å². The first-order valence-corrected chi connectivity index (χ1v) is 7.36. The average molecular weight is 302 g/mol. The van der Waals surface area contributed by atoms with E-state index in [0.717, 1.165) is 16.8 Å². The van der Waals surface area contributed by atoms with Crippen molar-refractivity contribution in [1.29, 1.82) is 0 Å². The van der Waals surface area contributed by atoms with Crippen molar-refractivity contribution in [2.45, 2.75) is 18.9 Å². The van der Waals surface area contributed by atoms with Gasteiger partial charge in [-0.3, -0.25) is 4.79 Å². The molecule has 2 aromatic rings. The number of rotatable bonds is 3. The Kier molecular flexibility index (Phi) is 3.84. The van der Waals surface area contributed by atoms with E-state index in [1.807, 2.05) is 55.5 Å². The summed E-state index contributed by atoms with van der Waals surface area (Å²) in [5.74, 6) is -0.596. The third kappa shape index (κ3) is 2.49. The first-order valence-electron chi connectivity index (χ1n) is 6.99. The van der Waals surface area contributed by atoms with Crippen molar-refractivity contribution in [1.82, 2.24) is 0 Å². The second kappa shape index (κ2) is 5.78. The highest BCUT2D eigenvalue weighted by Crippen LogP contribution is 2.46. The number of carbonyl (C=O) groups is 1. The average Bonchev–Trinajstić information content (AvgIpc) is 2.87. The Morgan fingerprint density at radius 1 is 1.14 bits per heavy atom. The fourth-order valence-corrected chi connectivity index (χ4v) is 3.06. The van der Waals surface area contributed by atoms with Crippen LogP contribution in [0.2, 0.25) is 5.02 Å². The fraction of sp³-hybridized carbons (Fsp3) is 0.235. The van der Waals surface area contributed by atoms with Gasteiger partial charge in [-0.1, -0.05) is 48.0 Å². The maximum absolute atomic E-state index is 12.4. The molecule has 0 bridgehead atoms. The molecule has 4 heteroatoms. The van der Waals surface area contributed by atoms with Crippen LogP contribution in [0.25, 0.3) is 0 Å². The van der Waals surface area contributed by atoms with Gasteiger partial charge in [0, 0.05) is 10.7 Å². The molecule has 0 unspecified atom stereocenters. The Bertz CT molecular complexity index is 671. The molecule has 0 saturated carbocycles. The molecule has 0 radical (unpaired) electrons. The molecule has 0 saturated heterocycles. The van der Waals surface area contributed by atoms with Crippen LogP contribution < -0.4 is 5.32 Å². The Balaban J connectivity index is 2.05. The highest BCUT2D eigenvalue weighted by Gasteiger charge is 2.39. The molecule has 0 aromatic heterocycles. The van der Waals surface area contributed by atoms with Crippen LogP contribution in [0.4, 0.5) is 5.69 Å². The summed E-state index contributed by atoms with van der Waals surface area (Å²) in [5.41, 5.74) is 2.83. The summed E-state index contributed by atoms with van der Waals surface area (Å²) in [4.78, 5) is 12.4. The van der Waals surface area contributed by atoms with Gasteiger partial charge < -0.3 is 10.1 Å². The minimum Gasteiger partial charge on any atom is -0.465 e. The number of para-hydroxylation sites is 1. The summed E-state index contributed by atoms with van der Waals surface area (Å²) in [5, 5.41) is 4.05. The second-order valence-electron chi connectivity index (χ2n) is 4.96. The molecule has 1 aliphatic heterocycles. The second-order valence-corrected chi connectivity index (χ2v) is 5.37. The van der Waals surface area contributed by atoms with E-state index in [9.17, 15) is 4.79 Å². The molecule has 0 fully saturated rings. The molecular weight excluding hydrogens is 286 g/mol. The van der Waals surface area contributed by atoms with Crippen LogP contribution in [-0.2, 0) is 9.53 Å². The monoisotopic (exact) mass is 301 g/mol. The molecule has 108 valence electrons. The maximum atomic E-state index is 12.4. The topological polar surface area (TPSA) is 38.3 Å². The summed E-state index contributed by atoms with van der Waals surface area (Å²) in [6.07, 6.45) is 0. The SMILES string of the molecule is CCOC(=O)[C@H]1c2ccccc2N[C@@H]1c1ccccc1Cl. The van der Waals surface area contributed by atoms with Crippen LogP contribution in [-0.4, -0.2) is 12.6 Å². The van der Waals surface area contributed by atoms with E-state index in [0.29, 0.717) is 11.6 Å². The number of halogens is 1. The van der Waals surface area contributed by atoms with Crippen molar-refractivity contribution in [2.75, 3.05) is 11.9 Å². The number of nitrogens with one attached hydrogen (secondary N) is 1. The van der Waals surface area contributed by atoms with Gasteiger partial charge in [0.15, 0.2) is 0 Å². The maximum Gasteiger partial charge on any atom is 0.315 e. The molecule has 3 nitrogen and oxygen atoms in total. The summed E-state index contributed by atoms with van der Waals surface area (Å²) in [7, 11) is 0. The van der Waals surface area contributed by atoms with Gasteiger partial charge in [0.2, 0.25) is 0 Å². The van der Waals surface area contributed by atoms with Gasteiger partial charge in [-0.15, -0.1) is 0 Å². The van der Waals surface area contributed by atoms with E-state index >= 15 is 0 Å². The number of ether oxygens (including phenoxy) is 1. The number of carbonyl (C=O) groups excluding carboxylic acids is 1. The number of benzene rings is 2. The van der Waals surface area contributed by atoms with E-state index in [1.54, 1.807) is 0 Å². The Hall–Kier alpha value is -2.00. The summed E-state index contributed by atoms with van der Waals surface area (Å²) in [6.45, 7) is 2.18. The summed E-state index contributed by atoms with van der Waals surface area (Å²) < 4.78 is 5.25. The molecule has 1 N–H and O–H groups in total. The Labute approximate surface area is 128 Å². The predicted octanol–water partition coefficient (Wildman–Crippen LogP) is 4.15. The molecule has 21 heavy (non-hydrogen) atoms. The molecule has 0 amide bonds. The molecule has 0 spiro atoms. The minimum atomic E-state index is -0.374. The number of hydrogen-bond donors (Lipinski definition) is 1. The lowest BCUT2D eigenvalue weighted by Gasteiger charge is -2.20.